The number of hydrogen-bond acceptors (Lipinski definition) is 3. The molecule has 0 saturated heterocycles. The van der Waals surface area contributed by atoms with E-state index in [1.165, 1.54) is 12.1 Å². The lowest BCUT2D eigenvalue weighted by molar-refractivity contribution is -0.154. The van der Waals surface area contributed by atoms with Crippen molar-refractivity contribution in [3.63, 3.8) is 0 Å². The van der Waals surface area contributed by atoms with E-state index in [4.69, 9.17) is 11.5 Å². The van der Waals surface area contributed by atoms with E-state index in [0.29, 0.717) is 0 Å². The molecule has 0 saturated carbocycles. The zero-order chi connectivity index (χ0) is 12.5. The molecule has 0 amide bonds. The van der Waals surface area contributed by atoms with Gasteiger partial charge in [-0.25, -0.2) is 0 Å². The highest BCUT2D eigenvalue weighted by Gasteiger charge is 2.33. The summed E-state index contributed by atoms with van der Waals surface area (Å²) in [6, 6.07) is 2.95. The van der Waals surface area contributed by atoms with Gasteiger partial charge >= 0.3 is 6.18 Å². The molecule has 0 aliphatic carbocycles. The summed E-state index contributed by atoms with van der Waals surface area (Å²) in [7, 11) is 0. The second kappa shape index (κ2) is 4.21. The molecule has 0 aliphatic rings. The summed E-state index contributed by atoms with van der Waals surface area (Å²) in [6.07, 6.45) is -7.53. The molecule has 90 valence electrons. The number of alkyl halides is 3. The lowest BCUT2D eigenvalue weighted by Gasteiger charge is -2.18. The molecule has 1 aromatic carbocycles. The highest BCUT2D eigenvalue weighted by atomic mass is 19.4. The molecule has 16 heavy (non-hydrogen) atoms. The number of anilines is 2. The Bertz CT molecular complexity index is 367. The van der Waals surface area contributed by atoms with Crippen LogP contribution in [0.3, 0.4) is 0 Å². The summed E-state index contributed by atoms with van der Waals surface area (Å²) in [6.45, 7) is 1.71. The predicted molar refractivity (Wildman–Crippen MR) is 55.6 cm³/mol. The van der Waals surface area contributed by atoms with Crippen molar-refractivity contribution in [2.45, 2.75) is 25.6 Å². The number of aliphatic hydroxyl groups excluding tert-OH is 1. The molecule has 0 heterocycles. The summed E-state index contributed by atoms with van der Waals surface area (Å²) in [4.78, 5) is 0. The molecule has 1 unspecified atom stereocenters. The van der Waals surface area contributed by atoms with Gasteiger partial charge in [0.25, 0.3) is 0 Å². The van der Waals surface area contributed by atoms with Gasteiger partial charge in [-0.3, -0.25) is 0 Å². The van der Waals surface area contributed by atoms with Crippen LogP contribution < -0.4 is 11.5 Å². The standard InChI is InChI=1S/C10H13F3N2O/c1-5-2-6(14)9(7(15)3-5)8(16)4-10(11,12)13/h2-3,8,16H,4,14-15H2,1H3. The van der Waals surface area contributed by atoms with E-state index < -0.39 is 18.7 Å². The van der Waals surface area contributed by atoms with Crippen molar-refractivity contribution in [3.05, 3.63) is 23.3 Å². The largest absolute Gasteiger partial charge is 0.398 e. The van der Waals surface area contributed by atoms with Crippen LogP contribution in [0.4, 0.5) is 24.5 Å². The van der Waals surface area contributed by atoms with Gasteiger partial charge in [0.2, 0.25) is 0 Å². The second-order valence-corrected chi connectivity index (χ2v) is 3.69. The molecule has 0 fully saturated rings. The van der Waals surface area contributed by atoms with Crippen molar-refractivity contribution < 1.29 is 18.3 Å². The molecule has 0 aromatic heterocycles. The van der Waals surface area contributed by atoms with Gasteiger partial charge in [-0.15, -0.1) is 0 Å². The Labute approximate surface area is 90.9 Å². The van der Waals surface area contributed by atoms with Crippen LogP contribution in [-0.2, 0) is 0 Å². The Balaban J connectivity index is 3.04. The Morgan fingerprint density at radius 3 is 2.06 bits per heavy atom. The van der Waals surface area contributed by atoms with E-state index in [1.54, 1.807) is 6.92 Å². The Kier molecular flexibility index (Phi) is 3.32. The number of nitrogen functional groups attached to an aromatic ring is 2. The summed E-state index contributed by atoms with van der Waals surface area (Å²) < 4.78 is 36.3. The molecular weight excluding hydrogens is 221 g/mol. The summed E-state index contributed by atoms with van der Waals surface area (Å²) in [5, 5.41) is 9.43. The fourth-order valence-electron chi connectivity index (χ4n) is 1.56. The maximum Gasteiger partial charge on any atom is 0.391 e. The third-order valence-corrected chi connectivity index (χ3v) is 2.15. The van der Waals surface area contributed by atoms with Gasteiger partial charge in [-0.2, -0.15) is 13.2 Å². The van der Waals surface area contributed by atoms with Crippen molar-refractivity contribution in [1.29, 1.82) is 0 Å². The van der Waals surface area contributed by atoms with Crippen LogP contribution in [0, 0.1) is 6.92 Å². The van der Waals surface area contributed by atoms with Gasteiger partial charge in [0.1, 0.15) is 0 Å². The van der Waals surface area contributed by atoms with Crippen LogP contribution in [-0.4, -0.2) is 11.3 Å². The van der Waals surface area contributed by atoms with E-state index in [1.807, 2.05) is 0 Å². The van der Waals surface area contributed by atoms with E-state index in [-0.39, 0.29) is 16.9 Å². The van der Waals surface area contributed by atoms with E-state index in [2.05, 4.69) is 0 Å². The number of benzene rings is 1. The first-order valence-electron chi connectivity index (χ1n) is 4.61. The number of aryl methyl sites for hydroxylation is 1. The first-order chi connectivity index (χ1) is 7.20. The van der Waals surface area contributed by atoms with E-state index in [0.717, 1.165) is 5.56 Å². The minimum Gasteiger partial charge on any atom is -0.398 e. The van der Waals surface area contributed by atoms with Crippen LogP contribution in [0.5, 0.6) is 0 Å². The first-order valence-corrected chi connectivity index (χ1v) is 4.61. The minimum atomic E-state index is -4.46. The smallest absolute Gasteiger partial charge is 0.391 e. The Morgan fingerprint density at radius 1 is 1.25 bits per heavy atom. The fourth-order valence-corrected chi connectivity index (χ4v) is 1.56. The van der Waals surface area contributed by atoms with Crippen molar-refractivity contribution >= 4 is 11.4 Å². The minimum absolute atomic E-state index is 0.0528. The van der Waals surface area contributed by atoms with Crippen LogP contribution >= 0.6 is 0 Å². The monoisotopic (exact) mass is 234 g/mol. The van der Waals surface area contributed by atoms with Gasteiger partial charge < -0.3 is 16.6 Å². The number of rotatable bonds is 2. The van der Waals surface area contributed by atoms with Crippen LogP contribution in [0.15, 0.2) is 12.1 Å². The summed E-state index contributed by atoms with van der Waals surface area (Å²) in [5.74, 6) is 0. The molecular formula is C10H13F3N2O. The lowest BCUT2D eigenvalue weighted by Crippen LogP contribution is -2.16. The average molecular weight is 234 g/mol. The van der Waals surface area contributed by atoms with Crippen molar-refractivity contribution in [1.82, 2.24) is 0 Å². The molecule has 6 heteroatoms. The lowest BCUT2D eigenvalue weighted by atomic mass is 10.00. The molecule has 0 radical (unpaired) electrons. The molecule has 1 atom stereocenters. The normalized spacial score (nSPS) is 13.8. The fraction of sp³-hybridized carbons (Fsp3) is 0.400. The number of halogens is 3. The SMILES string of the molecule is Cc1cc(N)c(C(O)CC(F)(F)F)c(N)c1. The zero-order valence-electron chi connectivity index (χ0n) is 8.67. The Morgan fingerprint density at radius 2 is 1.69 bits per heavy atom. The molecule has 0 aliphatic heterocycles. The Hall–Kier alpha value is -1.43. The quantitative estimate of drug-likeness (QED) is 0.686. The molecule has 0 bridgehead atoms. The number of nitrogens with two attached hydrogens (primary N) is 2. The maximum atomic E-state index is 12.1. The molecule has 1 rings (SSSR count). The van der Waals surface area contributed by atoms with Gasteiger partial charge in [-0.1, -0.05) is 0 Å². The van der Waals surface area contributed by atoms with Crippen molar-refractivity contribution in [2.75, 3.05) is 11.5 Å². The van der Waals surface area contributed by atoms with Crippen molar-refractivity contribution in [3.8, 4) is 0 Å². The van der Waals surface area contributed by atoms with Gasteiger partial charge in [0, 0.05) is 16.9 Å². The highest BCUT2D eigenvalue weighted by molar-refractivity contribution is 5.64. The molecule has 1 aromatic rings. The highest BCUT2D eigenvalue weighted by Crippen LogP contribution is 2.35. The number of hydrogen-bond donors (Lipinski definition) is 3. The molecule has 5 N–H and O–H groups in total. The van der Waals surface area contributed by atoms with Crippen LogP contribution in [0.25, 0.3) is 0 Å². The average Bonchev–Trinajstić information content (AvgIpc) is 1.96. The van der Waals surface area contributed by atoms with Crippen LogP contribution in [0.1, 0.15) is 23.7 Å². The first kappa shape index (κ1) is 12.6. The topological polar surface area (TPSA) is 72.3 Å². The zero-order valence-corrected chi connectivity index (χ0v) is 8.67. The molecule has 3 nitrogen and oxygen atoms in total. The van der Waals surface area contributed by atoms with E-state index >= 15 is 0 Å². The third-order valence-electron chi connectivity index (χ3n) is 2.15. The van der Waals surface area contributed by atoms with Crippen LogP contribution in [0.2, 0.25) is 0 Å². The van der Waals surface area contributed by atoms with Gasteiger partial charge in [0.15, 0.2) is 0 Å². The van der Waals surface area contributed by atoms with Crippen molar-refractivity contribution in [2.24, 2.45) is 0 Å². The number of aliphatic hydroxyl groups is 1. The van der Waals surface area contributed by atoms with Gasteiger partial charge in [-0.05, 0) is 24.6 Å². The predicted octanol–water partition coefficient (Wildman–Crippen LogP) is 2.15. The summed E-state index contributed by atoms with van der Waals surface area (Å²) in [5.41, 5.74) is 11.9. The molecule has 0 spiro atoms. The van der Waals surface area contributed by atoms with Gasteiger partial charge in [0.05, 0.1) is 12.5 Å². The summed E-state index contributed by atoms with van der Waals surface area (Å²) >= 11 is 0. The maximum absolute atomic E-state index is 12.1. The second-order valence-electron chi connectivity index (χ2n) is 3.69. The third kappa shape index (κ3) is 3.03. The van der Waals surface area contributed by atoms with E-state index in [9.17, 15) is 18.3 Å².